The van der Waals surface area contributed by atoms with Crippen LogP contribution >= 0.6 is 11.6 Å². The summed E-state index contributed by atoms with van der Waals surface area (Å²) in [6.45, 7) is 19.8. The van der Waals surface area contributed by atoms with Crippen LogP contribution in [-0.2, 0) is 23.8 Å². The fraction of sp³-hybridized carbons (Fsp3) is 0.400. The predicted octanol–water partition coefficient (Wildman–Crippen LogP) is 8.11. The van der Waals surface area contributed by atoms with Crippen molar-refractivity contribution in [2.24, 2.45) is 0 Å². The molecule has 19 nitrogen and oxygen atoms in total. The summed E-state index contributed by atoms with van der Waals surface area (Å²) >= 11 is 6.94. The lowest BCUT2D eigenvalue weighted by Crippen LogP contribution is -2.51. The Kier molecular flexibility index (Phi) is 16.6. The smallest absolute Gasteiger partial charge is 0.251 e. The van der Waals surface area contributed by atoms with Crippen molar-refractivity contribution in [3.05, 3.63) is 108 Å². The average molecular weight is 1120 g/mol. The highest BCUT2D eigenvalue weighted by molar-refractivity contribution is 6.35. The molecule has 3 amide bonds. The largest absolute Gasteiger partial charge is 0.508 e. The number of nitrogens with zero attached hydrogens (tertiary/aromatic N) is 10. The minimum absolute atomic E-state index is 0.00571. The van der Waals surface area contributed by atoms with Gasteiger partial charge in [-0.05, 0) is 99.5 Å². The number of ether oxygens (including phenoxy) is 3. The molecule has 3 fully saturated rings. The van der Waals surface area contributed by atoms with Gasteiger partial charge in [0.1, 0.15) is 22.9 Å². The monoisotopic (exact) mass is 1120 g/mol. The molecule has 3 N–H and O–H groups in total. The normalized spacial score (nSPS) is 16.3. The van der Waals surface area contributed by atoms with Gasteiger partial charge in [-0.3, -0.25) is 14.4 Å². The molecule has 0 saturated carbocycles. The molecular formula is C60H68ClFN12O7. The lowest BCUT2D eigenvalue weighted by atomic mass is 9.96. The van der Waals surface area contributed by atoms with E-state index in [1.165, 1.54) is 12.1 Å². The molecule has 424 valence electrons. The van der Waals surface area contributed by atoms with Gasteiger partial charge in [0.05, 0.1) is 66.3 Å². The minimum atomic E-state index is -0.824. The summed E-state index contributed by atoms with van der Waals surface area (Å²) in [5.74, 6) is 0.525. The van der Waals surface area contributed by atoms with Crippen LogP contribution in [0.25, 0.3) is 55.1 Å². The molecule has 3 saturated heterocycles. The predicted molar refractivity (Wildman–Crippen MR) is 314 cm³/mol. The number of hydrogen-bond acceptors (Lipinski definition) is 16. The molecule has 6 heterocycles. The van der Waals surface area contributed by atoms with E-state index >= 15 is 4.39 Å². The first kappa shape index (κ1) is 56.5. The Morgan fingerprint density at radius 2 is 1.59 bits per heavy atom. The van der Waals surface area contributed by atoms with Crippen LogP contribution in [0.1, 0.15) is 51.4 Å². The number of phenolic OH excluding ortho intramolecular Hbond substituents is 1. The summed E-state index contributed by atoms with van der Waals surface area (Å²) in [5.41, 5.74) is 1.32. The van der Waals surface area contributed by atoms with Crippen molar-refractivity contribution < 1.29 is 38.1 Å². The third-order valence-corrected chi connectivity index (χ3v) is 15.6. The molecule has 1 unspecified atom stereocenters. The number of carbonyl (C=O) groups is 3. The van der Waals surface area contributed by atoms with E-state index in [4.69, 9.17) is 45.7 Å². The van der Waals surface area contributed by atoms with Crippen molar-refractivity contribution in [2.75, 3.05) is 119 Å². The van der Waals surface area contributed by atoms with Crippen LogP contribution in [0.15, 0.2) is 91.5 Å². The zero-order valence-corrected chi connectivity index (χ0v) is 47.4. The molecule has 7 aromatic rings. The number of halogens is 2. The number of nitrogens with one attached hydrogen (secondary N) is 2. The summed E-state index contributed by atoms with van der Waals surface area (Å²) in [4.78, 5) is 74.4. The number of rotatable bonds is 17. The second kappa shape index (κ2) is 23.7. The highest BCUT2D eigenvalue weighted by atomic mass is 35.5. The van der Waals surface area contributed by atoms with Gasteiger partial charge in [0, 0.05) is 94.4 Å². The minimum Gasteiger partial charge on any atom is -0.508 e. The van der Waals surface area contributed by atoms with Crippen LogP contribution in [0.5, 0.6) is 5.75 Å². The number of carbonyl (C=O) groups excluding carboxylic acids is 3. The van der Waals surface area contributed by atoms with E-state index in [0.29, 0.717) is 123 Å². The maximum atomic E-state index is 17.2. The lowest BCUT2D eigenvalue weighted by Gasteiger charge is -2.38. The molecule has 3 aromatic heterocycles. The molecule has 3 aliphatic rings. The van der Waals surface area contributed by atoms with Crippen molar-refractivity contribution in [1.82, 2.24) is 40.0 Å². The number of hydrogen-bond donors (Lipinski definition) is 3. The average Bonchev–Trinajstić information content (AvgIpc) is 3.59. The van der Waals surface area contributed by atoms with E-state index in [1.54, 1.807) is 35.0 Å². The number of fused-ring (bicyclic) bond motifs is 3. The Morgan fingerprint density at radius 1 is 0.852 bits per heavy atom. The van der Waals surface area contributed by atoms with E-state index in [2.05, 4.69) is 38.9 Å². The Bertz CT molecular complexity index is 3540. The first-order chi connectivity index (χ1) is 38.9. The van der Waals surface area contributed by atoms with Crippen molar-refractivity contribution >= 4 is 85.6 Å². The number of phenols is 1. The van der Waals surface area contributed by atoms with Crippen molar-refractivity contribution in [3.63, 3.8) is 0 Å². The Labute approximate surface area is 475 Å². The Hall–Kier alpha value is -7.78. The van der Waals surface area contributed by atoms with Gasteiger partial charge < -0.3 is 54.5 Å². The van der Waals surface area contributed by atoms with E-state index < -0.39 is 17.0 Å². The van der Waals surface area contributed by atoms with Crippen LogP contribution in [0.2, 0.25) is 5.02 Å². The molecule has 0 bridgehead atoms. The summed E-state index contributed by atoms with van der Waals surface area (Å²) in [7, 11) is 1.71. The van der Waals surface area contributed by atoms with Crippen molar-refractivity contribution in [2.45, 2.75) is 58.2 Å². The number of morpholine rings is 2. The first-order valence-electron chi connectivity index (χ1n) is 27.3. The maximum absolute atomic E-state index is 17.2. The summed E-state index contributed by atoms with van der Waals surface area (Å²) in [6, 6.07) is 23.4. The Morgan fingerprint density at radius 3 is 2.36 bits per heavy atom. The fourth-order valence-corrected chi connectivity index (χ4v) is 10.6. The molecule has 21 heteroatoms. The number of benzene rings is 4. The van der Waals surface area contributed by atoms with Crippen LogP contribution in [-0.4, -0.2) is 174 Å². The Balaban J connectivity index is 0.786. The number of pyridine rings is 1. The van der Waals surface area contributed by atoms with Crippen molar-refractivity contribution in [3.8, 4) is 28.1 Å². The molecular weight excluding hydrogens is 1060 g/mol. The highest BCUT2D eigenvalue weighted by Crippen LogP contribution is 2.43. The number of piperazine rings is 1. The van der Waals surface area contributed by atoms with Crippen LogP contribution in [0.4, 0.5) is 27.9 Å². The summed E-state index contributed by atoms with van der Waals surface area (Å²) in [5, 5.41) is 19.6. The number of amides is 3. The van der Waals surface area contributed by atoms with Gasteiger partial charge in [-0.15, -0.1) is 0 Å². The van der Waals surface area contributed by atoms with Crippen LogP contribution < -0.4 is 25.3 Å². The SMILES string of the molecule is C=CC(=O)N1CCN(c2nc(NCCC(=O)N(C)C(C)(C)COC(C)(C)CNC(=O)c3cccc(-c4ccc5c(N6CCOCC6)nc(N6CCOCC6C)nc5n4)c3)nc3c(F)c(-c4cc(O)cc5ccccc45)c(Cl)cc23)CC1. The van der Waals surface area contributed by atoms with Gasteiger partial charge in [0.15, 0.2) is 11.5 Å². The lowest BCUT2D eigenvalue weighted by molar-refractivity contribution is -0.139. The molecule has 0 aliphatic carbocycles. The topological polar surface area (TPSA) is 204 Å². The summed E-state index contributed by atoms with van der Waals surface area (Å²) < 4.78 is 35.0. The zero-order valence-electron chi connectivity index (χ0n) is 46.6. The van der Waals surface area contributed by atoms with E-state index in [-0.39, 0.29) is 77.7 Å². The zero-order chi connectivity index (χ0) is 57.2. The molecule has 81 heavy (non-hydrogen) atoms. The van der Waals surface area contributed by atoms with Crippen molar-refractivity contribution in [1.29, 1.82) is 0 Å². The number of aromatic nitrogens is 5. The van der Waals surface area contributed by atoms with E-state index in [1.807, 2.05) is 87.2 Å². The third-order valence-electron chi connectivity index (χ3n) is 15.3. The maximum Gasteiger partial charge on any atom is 0.251 e. The van der Waals surface area contributed by atoms with Gasteiger partial charge >= 0.3 is 0 Å². The quantitative estimate of drug-likeness (QED) is 0.0737. The number of likely N-dealkylation sites (N-methyl/N-ethyl adjacent to an activating group) is 1. The molecule has 0 spiro atoms. The summed E-state index contributed by atoms with van der Waals surface area (Å²) in [6.07, 6.45) is 1.32. The molecule has 3 aliphatic heterocycles. The van der Waals surface area contributed by atoms with Gasteiger partial charge in [-0.1, -0.05) is 54.6 Å². The number of aromatic hydroxyl groups is 1. The van der Waals surface area contributed by atoms with E-state index in [0.717, 1.165) is 16.8 Å². The fourth-order valence-electron chi connectivity index (χ4n) is 10.4. The van der Waals surface area contributed by atoms with Gasteiger partial charge in [0.2, 0.25) is 23.7 Å². The number of anilines is 4. The third kappa shape index (κ3) is 12.3. The second-order valence-electron chi connectivity index (χ2n) is 21.9. The van der Waals surface area contributed by atoms with Gasteiger partial charge in [-0.2, -0.15) is 15.0 Å². The standard InChI is InChI=1S/C60H68ClFN12O7/c1-8-48(76)71-20-22-72(23-21-71)55-45-33-46(61)50(44-32-41(75)31-38-12-9-10-15-42(38)44)51(62)52(45)66-57(68-55)63-19-18-49(77)70(7)59(3,4)36-81-60(5,6)35-64-56(78)40-14-11-13-39(30-40)47-17-16-43-53(65-47)67-58(74-26-29-80-34-37(74)2)69-54(43)73-24-27-79-28-25-73/h8-17,30-33,37,75H,1,18-29,34-36H2,2-7H3,(H,64,78)(H,63,66,68). The van der Waals surface area contributed by atoms with Gasteiger partial charge in [0.25, 0.3) is 5.91 Å². The van der Waals surface area contributed by atoms with Gasteiger partial charge in [-0.25, -0.2) is 14.4 Å². The highest BCUT2D eigenvalue weighted by Gasteiger charge is 2.33. The second-order valence-corrected chi connectivity index (χ2v) is 22.3. The first-order valence-corrected chi connectivity index (χ1v) is 27.7. The molecule has 0 radical (unpaired) electrons. The molecule has 10 rings (SSSR count). The van der Waals surface area contributed by atoms with E-state index in [9.17, 15) is 19.5 Å². The molecule has 4 aromatic carbocycles. The van der Waals surface area contributed by atoms with Crippen LogP contribution in [0, 0.1) is 5.82 Å². The molecule has 1 atom stereocenters. The van der Waals surface area contributed by atoms with Crippen LogP contribution in [0.3, 0.4) is 0 Å².